The minimum Gasteiger partial charge on any atom is -0.347 e. The number of benzene rings is 1. The molecular weight excluding hydrogens is 390 g/mol. The van der Waals surface area contributed by atoms with Gasteiger partial charge in [-0.2, -0.15) is 14.6 Å². The number of hydrogen-bond donors (Lipinski definition) is 2. The van der Waals surface area contributed by atoms with Crippen LogP contribution in [0.25, 0.3) is 16.7 Å². The topological polar surface area (TPSA) is 83.8 Å². The zero-order valence-corrected chi connectivity index (χ0v) is 15.4. The van der Waals surface area contributed by atoms with Crippen LogP contribution in [-0.2, 0) is 6.54 Å². The maximum atomic E-state index is 4.59. The molecule has 1 aromatic carbocycles. The van der Waals surface area contributed by atoms with Crippen LogP contribution in [-0.4, -0.2) is 35.8 Å². The number of hydrogen-bond acceptors (Lipinski definition) is 6. The molecule has 0 radical (unpaired) electrons. The number of H-pyrrole nitrogens is 1. The smallest absolute Gasteiger partial charge is 0.228 e. The van der Waals surface area contributed by atoms with Crippen molar-refractivity contribution >= 4 is 50.3 Å². The van der Waals surface area contributed by atoms with E-state index in [1.54, 1.807) is 10.7 Å². The second-order valence-corrected chi connectivity index (χ2v) is 6.95. The lowest BCUT2D eigenvalue weighted by atomic mass is 10.2. The van der Waals surface area contributed by atoms with Crippen molar-refractivity contribution < 1.29 is 0 Å². The van der Waals surface area contributed by atoms with Crippen LogP contribution >= 0.6 is 27.7 Å². The summed E-state index contributed by atoms with van der Waals surface area (Å²) in [6, 6.07) is 6.16. The molecule has 0 atom stereocenters. The minimum absolute atomic E-state index is 0.519. The van der Waals surface area contributed by atoms with Gasteiger partial charge in [-0.25, -0.2) is 9.97 Å². The Bertz CT molecular complexity index is 1040. The minimum atomic E-state index is 0.519. The summed E-state index contributed by atoms with van der Waals surface area (Å²) in [4.78, 5) is 16.9. The molecule has 4 aromatic rings. The molecule has 0 aliphatic heterocycles. The molecule has 2 N–H and O–H groups in total. The van der Waals surface area contributed by atoms with Crippen molar-refractivity contribution in [2.75, 3.05) is 11.6 Å². The van der Waals surface area contributed by atoms with Crippen molar-refractivity contribution in [1.82, 2.24) is 29.5 Å². The molecule has 7 nitrogen and oxygen atoms in total. The second kappa shape index (κ2) is 6.06. The number of rotatable bonds is 4. The summed E-state index contributed by atoms with van der Waals surface area (Å²) in [5.74, 6) is 1.48. The summed E-state index contributed by atoms with van der Waals surface area (Å²) in [6.07, 6.45) is 3.66. The van der Waals surface area contributed by atoms with Crippen LogP contribution in [0.15, 0.2) is 34.0 Å². The summed E-state index contributed by atoms with van der Waals surface area (Å²) in [6.45, 7) is 2.58. The Kier molecular flexibility index (Phi) is 3.89. The van der Waals surface area contributed by atoms with Gasteiger partial charge in [0.2, 0.25) is 5.95 Å². The van der Waals surface area contributed by atoms with Gasteiger partial charge in [-0.05, 0) is 46.8 Å². The Morgan fingerprint density at radius 3 is 3.00 bits per heavy atom. The first-order valence-corrected chi connectivity index (χ1v) is 9.30. The number of anilines is 1. The lowest BCUT2D eigenvalue weighted by Crippen LogP contribution is -2.10. The van der Waals surface area contributed by atoms with E-state index in [0.717, 1.165) is 27.0 Å². The molecule has 0 unspecified atom stereocenters. The number of fused-ring (bicyclic) bond motifs is 2. The van der Waals surface area contributed by atoms with Crippen molar-refractivity contribution in [3.8, 4) is 0 Å². The third kappa shape index (κ3) is 2.73. The molecule has 4 rings (SSSR count). The Labute approximate surface area is 150 Å². The van der Waals surface area contributed by atoms with E-state index in [1.807, 2.05) is 12.3 Å². The lowest BCUT2D eigenvalue weighted by Gasteiger charge is -2.07. The van der Waals surface area contributed by atoms with E-state index >= 15 is 0 Å². The van der Waals surface area contributed by atoms with Crippen molar-refractivity contribution in [1.29, 1.82) is 0 Å². The van der Waals surface area contributed by atoms with E-state index in [-0.39, 0.29) is 0 Å². The van der Waals surface area contributed by atoms with Crippen LogP contribution in [0.2, 0.25) is 0 Å². The van der Waals surface area contributed by atoms with Crippen LogP contribution < -0.4 is 5.32 Å². The summed E-state index contributed by atoms with van der Waals surface area (Å²) in [5, 5.41) is 8.28. The van der Waals surface area contributed by atoms with Gasteiger partial charge >= 0.3 is 0 Å². The molecule has 0 saturated heterocycles. The molecule has 3 aromatic heterocycles. The highest BCUT2D eigenvalue weighted by atomic mass is 79.9. The fourth-order valence-corrected chi connectivity index (χ4v) is 3.16. The number of nitrogens with zero attached hydrogens (tertiary/aromatic N) is 5. The number of aromatic amines is 1. The Morgan fingerprint density at radius 2 is 2.17 bits per heavy atom. The Morgan fingerprint density at radius 1 is 1.29 bits per heavy atom. The van der Waals surface area contributed by atoms with E-state index in [0.29, 0.717) is 17.6 Å². The fraction of sp³-hybridized carbons (Fsp3) is 0.200. The van der Waals surface area contributed by atoms with E-state index in [4.69, 9.17) is 0 Å². The highest BCUT2D eigenvalue weighted by Crippen LogP contribution is 2.21. The molecule has 9 heteroatoms. The molecule has 0 bridgehead atoms. The third-order valence-corrected chi connectivity index (χ3v) is 4.69. The number of nitrogens with one attached hydrogen (secondary N) is 2. The van der Waals surface area contributed by atoms with Crippen molar-refractivity contribution in [2.45, 2.75) is 18.6 Å². The zero-order chi connectivity index (χ0) is 16.7. The maximum absolute atomic E-state index is 4.59. The van der Waals surface area contributed by atoms with Crippen LogP contribution in [0, 0.1) is 6.92 Å². The third-order valence-electron chi connectivity index (χ3n) is 3.59. The van der Waals surface area contributed by atoms with Crippen LogP contribution in [0.1, 0.15) is 11.4 Å². The fourth-order valence-electron chi connectivity index (χ4n) is 2.46. The van der Waals surface area contributed by atoms with E-state index < -0.39 is 0 Å². The van der Waals surface area contributed by atoms with Gasteiger partial charge in [0.15, 0.2) is 10.8 Å². The largest absolute Gasteiger partial charge is 0.347 e. The molecule has 0 aliphatic rings. The number of aryl methyl sites for hydroxylation is 1. The first kappa shape index (κ1) is 15.4. The molecule has 0 saturated carbocycles. The van der Waals surface area contributed by atoms with Crippen LogP contribution in [0.4, 0.5) is 5.95 Å². The standard InChI is InChI=1S/C15H14BrN7S/c1-8-3-4-10-11(5-8)20-12(19-10)7-17-14-22-15(24-2)21-13-9(16)6-18-23(13)14/h3-6H,7H2,1-2H3,(H,19,20)(H,17,21,22). The van der Waals surface area contributed by atoms with Gasteiger partial charge in [-0.15, -0.1) is 0 Å². The summed E-state index contributed by atoms with van der Waals surface area (Å²) in [5.41, 5.74) is 3.93. The Balaban J connectivity index is 1.66. The van der Waals surface area contributed by atoms with E-state index in [1.165, 1.54) is 17.3 Å². The molecule has 0 aliphatic carbocycles. The first-order chi connectivity index (χ1) is 11.6. The monoisotopic (exact) mass is 403 g/mol. The van der Waals surface area contributed by atoms with Crippen LogP contribution in [0.5, 0.6) is 0 Å². The van der Waals surface area contributed by atoms with Gasteiger partial charge in [0.1, 0.15) is 5.82 Å². The zero-order valence-electron chi connectivity index (χ0n) is 13.0. The summed E-state index contributed by atoms with van der Waals surface area (Å²) < 4.78 is 2.51. The number of aromatic nitrogens is 6. The SMILES string of the molecule is CSc1nc(NCc2nc3ccc(C)cc3[nH]2)n2ncc(Br)c2n1. The molecule has 3 heterocycles. The summed E-state index contributed by atoms with van der Waals surface area (Å²) >= 11 is 4.95. The highest BCUT2D eigenvalue weighted by molar-refractivity contribution is 9.10. The molecular formula is C15H14BrN7S. The molecule has 122 valence electrons. The lowest BCUT2D eigenvalue weighted by molar-refractivity contribution is 0.824. The highest BCUT2D eigenvalue weighted by Gasteiger charge is 2.12. The first-order valence-electron chi connectivity index (χ1n) is 7.28. The maximum Gasteiger partial charge on any atom is 0.228 e. The van der Waals surface area contributed by atoms with E-state index in [9.17, 15) is 0 Å². The number of thioether (sulfide) groups is 1. The van der Waals surface area contributed by atoms with Gasteiger partial charge in [0.25, 0.3) is 0 Å². The van der Waals surface area contributed by atoms with Crippen LogP contribution in [0.3, 0.4) is 0 Å². The van der Waals surface area contributed by atoms with E-state index in [2.05, 4.69) is 65.3 Å². The van der Waals surface area contributed by atoms with Gasteiger partial charge < -0.3 is 10.3 Å². The Hall–Kier alpha value is -2.13. The average Bonchev–Trinajstić information content (AvgIpc) is 3.15. The van der Waals surface area contributed by atoms with Crippen molar-refractivity contribution in [3.05, 3.63) is 40.3 Å². The van der Waals surface area contributed by atoms with Gasteiger partial charge in [0.05, 0.1) is 28.2 Å². The summed E-state index contributed by atoms with van der Waals surface area (Å²) in [7, 11) is 0. The van der Waals surface area contributed by atoms with Crippen molar-refractivity contribution in [2.24, 2.45) is 0 Å². The number of imidazole rings is 1. The quantitative estimate of drug-likeness (QED) is 0.508. The predicted molar refractivity (Wildman–Crippen MR) is 98.4 cm³/mol. The molecule has 0 spiro atoms. The predicted octanol–water partition coefficient (Wildman–Crippen LogP) is 3.41. The molecule has 0 fully saturated rings. The molecule has 24 heavy (non-hydrogen) atoms. The van der Waals surface area contributed by atoms with Gasteiger partial charge in [-0.3, -0.25) is 0 Å². The normalized spacial score (nSPS) is 11.5. The molecule has 0 amide bonds. The average molecular weight is 404 g/mol. The van der Waals surface area contributed by atoms with Gasteiger partial charge in [0, 0.05) is 0 Å². The van der Waals surface area contributed by atoms with Crippen molar-refractivity contribution in [3.63, 3.8) is 0 Å². The number of halogens is 1. The van der Waals surface area contributed by atoms with Gasteiger partial charge in [-0.1, -0.05) is 17.8 Å². The second-order valence-electron chi connectivity index (χ2n) is 5.32.